The van der Waals surface area contributed by atoms with E-state index in [4.69, 9.17) is 4.21 Å². The Morgan fingerprint density at radius 1 is 1.03 bits per heavy atom. The SMILES string of the molecule is CCc1ccn2c(=O)c(-c3ccc(OCC(F)(F)F)cc3)c(C(F)(F)F)nc2c1.O=S. The number of rotatable bonds is 4. The maximum Gasteiger partial charge on any atom is 0.434 e. The van der Waals surface area contributed by atoms with Crippen molar-refractivity contribution in [2.24, 2.45) is 0 Å². The molecule has 0 radical (unpaired) electrons. The molecule has 0 amide bonds. The van der Waals surface area contributed by atoms with Crippen molar-refractivity contribution >= 4 is 18.2 Å². The Morgan fingerprint density at radius 3 is 2.16 bits per heavy atom. The number of benzene rings is 1. The van der Waals surface area contributed by atoms with Crippen molar-refractivity contribution < 1.29 is 35.3 Å². The summed E-state index contributed by atoms with van der Waals surface area (Å²) in [5.41, 5.74) is -2.56. The van der Waals surface area contributed by atoms with E-state index in [0.717, 1.165) is 28.7 Å². The Labute approximate surface area is 176 Å². The van der Waals surface area contributed by atoms with Gasteiger partial charge < -0.3 is 4.74 Å². The molecule has 0 saturated heterocycles. The van der Waals surface area contributed by atoms with Gasteiger partial charge >= 0.3 is 12.4 Å². The lowest BCUT2D eigenvalue weighted by Gasteiger charge is -2.14. The van der Waals surface area contributed by atoms with E-state index in [1.165, 1.54) is 12.3 Å². The number of hydrogen-bond donors (Lipinski definition) is 0. The summed E-state index contributed by atoms with van der Waals surface area (Å²) in [6.45, 7) is 0.269. The number of hydrogen-bond acceptors (Lipinski definition) is 5. The fourth-order valence-corrected chi connectivity index (χ4v) is 2.75. The predicted octanol–water partition coefficient (Wildman–Crippen LogP) is 4.55. The molecule has 0 aliphatic carbocycles. The van der Waals surface area contributed by atoms with Crippen molar-refractivity contribution in [1.29, 1.82) is 0 Å². The zero-order chi connectivity index (χ0) is 23.4. The van der Waals surface area contributed by atoms with Gasteiger partial charge in [-0.3, -0.25) is 9.20 Å². The number of alkyl halides is 6. The second kappa shape index (κ2) is 9.41. The quantitative estimate of drug-likeness (QED) is 0.531. The number of fused-ring (bicyclic) bond motifs is 1. The number of nitrogens with zero attached hydrogens (tertiary/aromatic N) is 2. The Hall–Kier alpha value is -3.02. The lowest BCUT2D eigenvalue weighted by atomic mass is 10.0. The molecule has 0 saturated carbocycles. The third-order valence-electron chi connectivity index (χ3n) is 4.12. The van der Waals surface area contributed by atoms with Crippen LogP contribution in [0.4, 0.5) is 26.3 Å². The molecular weight excluding hydrogens is 450 g/mol. The maximum absolute atomic E-state index is 13.6. The van der Waals surface area contributed by atoms with E-state index >= 15 is 0 Å². The highest BCUT2D eigenvalue weighted by Crippen LogP contribution is 2.35. The monoisotopic (exact) mass is 464 g/mol. The van der Waals surface area contributed by atoms with E-state index in [1.807, 2.05) is 6.92 Å². The van der Waals surface area contributed by atoms with E-state index in [9.17, 15) is 31.1 Å². The van der Waals surface area contributed by atoms with Crippen molar-refractivity contribution in [2.75, 3.05) is 6.61 Å². The highest BCUT2D eigenvalue weighted by atomic mass is 32.1. The molecule has 31 heavy (non-hydrogen) atoms. The number of pyridine rings is 1. The Balaban J connectivity index is 0.00000166. The third kappa shape index (κ3) is 5.78. The third-order valence-corrected chi connectivity index (χ3v) is 4.12. The summed E-state index contributed by atoms with van der Waals surface area (Å²) in [6.07, 6.45) is -7.57. The summed E-state index contributed by atoms with van der Waals surface area (Å²) >= 11 is 2.83. The zero-order valence-electron chi connectivity index (χ0n) is 15.8. The minimum Gasteiger partial charge on any atom is -0.484 e. The fraction of sp³-hybridized carbons (Fsp3) is 0.263. The van der Waals surface area contributed by atoms with Crippen LogP contribution >= 0.6 is 0 Å². The Bertz CT molecular complexity index is 1110. The van der Waals surface area contributed by atoms with Gasteiger partial charge in [0.1, 0.15) is 11.4 Å². The summed E-state index contributed by atoms with van der Waals surface area (Å²) in [5.74, 6) is -0.193. The molecule has 2 aromatic heterocycles. The van der Waals surface area contributed by atoms with Gasteiger partial charge in [-0.25, -0.2) is 4.98 Å². The van der Waals surface area contributed by atoms with Gasteiger partial charge in [0.15, 0.2) is 24.8 Å². The molecule has 0 spiro atoms. The van der Waals surface area contributed by atoms with Crippen LogP contribution in [0.2, 0.25) is 0 Å². The number of aryl methyl sites for hydroxylation is 1. The van der Waals surface area contributed by atoms with Crippen LogP contribution in [0.25, 0.3) is 16.8 Å². The van der Waals surface area contributed by atoms with Crippen LogP contribution in [-0.2, 0) is 25.1 Å². The van der Waals surface area contributed by atoms with Gasteiger partial charge in [-0.2, -0.15) is 30.6 Å². The smallest absolute Gasteiger partial charge is 0.434 e. The minimum atomic E-state index is -4.91. The average molecular weight is 464 g/mol. The molecule has 12 heteroatoms. The topological polar surface area (TPSA) is 60.7 Å². The Morgan fingerprint density at radius 2 is 1.65 bits per heavy atom. The van der Waals surface area contributed by atoms with E-state index < -0.39 is 35.8 Å². The first-order valence-electron chi connectivity index (χ1n) is 8.59. The van der Waals surface area contributed by atoms with E-state index in [1.54, 1.807) is 6.07 Å². The molecule has 3 rings (SSSR count). The van der Waals surface area contributed by atoms with Crippen LogP contribution in [0.3, 0.4) is 0 Å². The van der Waals surface area contributed by atoms with Gasteiger partial charge in [0.2, 0.25) is 0 Å². The molecule has 1 aromatic carbocycles. The summed E-state index contributed by atoms with van der Waals surface area (Å²) in [4.78, 5) is 16.4. The number of ether oxygens (including phenoxy) is 1. The van der Waals surface area contributed by atoms with Gasteiger partial charge in [-0.05, 0) is 41.8 Å². The first-order chi connectivity index (χ1) is 14.5. The molecule has 5 nitrogen and oxygen atoms in total. The van der Waals surface area contributed by atoms with Crippen LogP contribution < -0.4 is 10.3 Å². The molecule has 3 aromatic rings. The Kier molecular flexibility index (Phi) is 7.37. The summed E-state index contributed by atoms with van der Waals surface area (Å²) in [7, 11) is 0. The fourth-order valence-electron chi connectivity index (χ4n) is 2.75. The van der Waals surface area contributed by atoms with E-state index in [2.05, 4.69) is 22.3 Å². The van der Waals surface area contributed by atoms with Gasteiger partial charge in [-0.1, -0.05) is 19.1 Å². The minimum absolute atomic E-state index is 0.136. The number of halogens is 6. The van der Waals surface area contributed by atoms with Crippen LogP contribution in [-0.4, -0.2) is 26.4 Å². The molecule has 0 N–H and O–H groups in total. The first kappa shape index (κ1) is 24.3. The van der Waals surface area contributed by atoms with Crippen LogP contribution in [0.15, 0.2) is 47.4 Å². The van der Waals surface area contributed by atoms with Gasteiger partial charge in [0.25, 0.3) is 5.56 Å². The highest BCUT2D eigenvalue weighted by molar-refractivity contribution is 7.44. The van der Waals surface area contributed by atoms with Crippen LogP contribution in [0.5, 0.6) is 5.75 Å². The summed E-state index contributed by atoms with van der Waals surface area (Å²) in [6, 6.07) is 7.31. The summed E-state index contributed by atoms with van der Waals surface area (Å²) in [5, 5.41) is 0. The number of aromatic nitrogens is 2. The molecule has 0 atom stereocenters. The van der Waals surface area contributed by atoms with Gasteiger partial charge in [-0.15, -0.1) is 0 Å². The lowest BCUT2D eigenvalue weighted by Crippen LogP contribution is -2.24. The van der Waals surface area contributed by atoms with E-state index in [-0.39, 0.29) is 17.0 Å². The summed E-state index contributed by atoms with van der Waals surface area (Å²) < 4.78 is 90.8. The predicted molar refractivity (Wildman–Crippen MR) is 101 cm³/mol. The van der Waals surface area contributed by atoms with Crippen molar-refractivity contribution in [3.05, 3.63) is 64.2 Å². The molecule has 0 unspecified atom stereocenters. The van der Waals surface area contributed by atoms with Gasteiger partial charge in [0.05, 0.1) is 5.56 Å². The van der Waals surface area contributed by atoms with Crippen LogP contribution in [0.1, 0.15) is 18.2 Å². The standard InChI is InChI=1S/C19H14F6N2O2.OS/c1-2-11-7-8-27-14(9-11)26-16(19(23,24)25)15(17(27)28)12-3-5-13(6-4-12)29-10-18(20,21)22;1-2/h3-9H,2,10H2,1H3;. The van der Waals surface area contributed by atoms with Crippen molar-refractivity contribution in [3.63, 3.8) is 0 Å². The lowest BCUT2D eigenvalue weighted by molar-refractivity contribution is -0.153. The van der Waals surface area contributed by atoms with Crippen molar-refractivity contribution in [2.45, 2.75) is 25.7 Å². The molecular formula is C19H14F6N2O3S. The molecule has 0 aliphatic heterocycles. The van der Waals surface area contributed by atoms with Crippen molar-refractivity contribution in [3.8, 4) is 16.9 Å². The first-order valence-corrected chi connectivity index (χ1v) is 8.92. The second-order valence-corrected chi connectivity index (χ2v) is 6.18. The highest BCUT2D eigenvalue weighted by Gasteiger charge is 2.38. The van der Waals surface area contributed by atoms with Crippen molar-refractivity contribution in [1.82, 2.24) is 9.38 Å². The second-order valence-electron chi connectivity index (χ2n) is 6.18. The van der Waals surface area contributed by atoms with E-state index in [0.29, 0.717) is 12.0 Å². The molecule has 0 fully saturated rings. The maximum atomic E-state index is 13.6. The van der Waals surface area contributed by atoms with Crippen LogP contribution in [0, 0.1) is 0 Å². The zero-order valence-corrected chi connectivity index (χ0v) is 16.6. The van der Waals surface area contributed by atoms with Gasteiger partial charge in [0, 0.05) is 6.20 Å². The molecule has 2 heterocycles. The molecule has 166 valence electrons. The molecule has 0 bridgehead atoms. The average Bonchev–Trinajstić information content (AvgIpc) is 2.72. The molecule has 0 aliphatic rings. The largest absolute Gasteiger partial charge is 0.484 e. The normalized spacial score (nSPS) is 11.7.